The van der Waals surface area contributed by atoms with Gasteiger partial charge in [-0.3, -0.25) is 0 Å². The van der Waals surface area contributed by atoms with Crippen molar-refractivity contribution in [1.82, 2.24) is 4.57 Å². The molecule has 0 saturated heterocycles. The maximum Gasteiger partial charge on any atom is 0.285 e. The number of pyridine rings is 2. The predicted molar refractivity (Wildman–Crippen MR) is 148 cm³/mol. The normalized spacial score (nSPS) is 11.8. The number of hydrogen-bond donors (Lipinski definition) is 0. The molecule has 3 heteroatoms. The van der Waals surface area contributed by atoms with Crippen LogP contribution >= 0.6 is 0 Å². The largest absolute Gasteiger partial charge is 0.309 e. The lowest BCUT2D eigenvalue weighted by atomic mass is 9.91. The van der Waals surface area contributed by atoms with Gasteiger partial charge in [-0.2, -0.15) is 0 Å². The maximum atomic E-state index is 2.39. The van der Waals surface area contributed by atoms with Crippen LogP contribution in [0.1, 0.15) is 0 Å². The highest BCUT2D eigenvalue weighted by Gasteiger charge is 2.32. The van der Waals surface area contributed by atoms with Crippen molar-refractivity contribution in [2.24, 2.45) is 0 Å². The average molecular weight is 474 g/mol. The fourth-order valence-electron chi connectivity index (χ4n) is 5.93. The zero-order valence-electron chi connectivity index (χ0n) is 20.1. The van der Waals surface area contributed by atoms with Gasteiger partial charge >= 0.3 is 0 Å². The minimum atomic E-state index is 1.15. The molecule has 3 aromatic heterocycles. The maximum absolute atomic E-state index is 2.39. The topological polar surface area (TPSA) is 12.7 Å². The minimum absolute atomic E-state index is 1.15. The van der Waals surface area contributed by atoms with Crippen LogP contribution in [0.5, 0.6) is 0 Å². The molecule has 0 unspecified atom stereocenters. The molecule has 0 spiro atoms. The lowest BCUT2D eigenvalue weighted by Gasteiger charge is -2.16. The number of nitrogens with zero attached hydrogens (tertiary/aromatic N) is 3. The van der Waals surface area contributed by atoms with Crippen LogP contribution in [0.4, 0.5) is 0 Å². The highest BCUT2D eigenvalue weighted by atomic mass is 15.4. The molecule has 4 aromatic carbocycles. The van der Waals surface area contributed by atoms with Gasteiger partial charge in [0.15, 0.2) is 0 Å². The molecule has 0 saturated carbocycles. The quantitative estimate of drug-likeness (QED) is 0.228. The first-order chi connectivity index (χ1) is 18.4. The molecule has 3 nitrogen and oxygen atoms in total. The van der Waals surface area contributed by atoms with Gasteiger partial charge in [-0.25, -0.2) is 0 Å². The standard InChI is InChI=1S/C34H23N3/c1-2-12-27-25(11-1)26-20-19-24(37-33-17-5-3-13-28(33)29-14-4-6-18-34(29)37)23-30(26)32-16-8-10-22-36(32)35-21-9-7-15-31(27)35/h1-23H/q+2. The minimum Gasteiger partial charge on any atom is -0.309 e. The zero-order valence-corrected chi connectivity index (χ0v) is 20.1. The molecule has 0 N–H and O–H groups in total. The van der Waals surface area contributed by atoms with Gasteiger partial charge in [-0.1, -0.05) is 60.7 Å². The van der Waals surface area contributed by atoms with Crippen LogP contribution in [0.15, 0.2) is 140 Å². The summed E-state index contributed by atoms with van der Waals surface area (Å²) in [7, 11) is 0. The third-order valence-electron chi connectivity index (χ3n) is 7.52. The van der Waals surface area contributed by atoms with Crippen molar-refractivity contribution < 1.29 is 9.35 Å². The monoisotopic (exact) mass is 473 g/mol. The Morgan fingerprint density at radius 3 is 1.59 bits per heavy atom. The summed E-state index contributed by atoms with van der Waals surface area (Å²) in [6.45, 7) is 0. The molecule has 172 valence electrons. The van der Waals surface area contributed by atoms with Gasteiger partial charge in [0.05, 0.1) is 31.5 Å². The van der Waals surface area contributed by atoms with Crippen molar-refractivity contribution in [1.29, 1.82) is 0 Å². The van der Waals surface area contributed by atoms with Gasteiger partial charge in [0.2, 0.25) is 12.4 Å². The summed E-state index contributed by atoms with van der Waals surface area (Å²) < 4.78 is 6.88. The summed E-state index contributed by atoms with van der Waals surface area (Å²) in [5.41, 5.74) is 10.8. The summed E-state index contributed by atoms with van der Waals surface area (Å²) in [5.74, 6) is 0. The van der Waals surface area contributed by atoms with Crippen molar-refractivity contribution in [2.45, 2.75) is 0 Å². The Kier molecular flexibility index (Phi) is 4.23. The second kappa shape index (κ2) is 7.74. The van der Waals surface area contributed by atoms with Crippen molar-refractivity contribution in [2.75, 3.05) is 0 Å². The van der Waals surface area contributed by atoms with Gasteiger partial charge in [-0.15, -0.1) is 0 Å². The molecular formula is C34H23N3+2. The molecule has 8 rings (SSSR count). The van der Waals surface area contributed by atoms with Crippen molar-refractivity contribution in [3.8, 4) is 39.3 Å². The van der Waals surface area contributed by atoms with Crippen LogP contribution in [0.2, 0.25) is 0 Å². The van der Waals surface area contributed by atoms with E-state index in [4.69, 9.17) is 0 Å². The lowest BCUT2D eigenvalue weighted by Crippen LogP contribution is -2.68. The molecule has 0 aliphatic carbocycles. The lowest BCUT2D eigenvalue weighted by molar-refractivity contribution is -1.29. The second-order valence-electron chi connectivity index (χ2n) is 9.51. The highest BCUT2D eigenvalue weighted by molar-refractivity contribution is 6.09. The van der Waals surface area contributed by atoms with Crippen LogP contribution in [-0.4, -0.2) is 4.57 Å². The van der Waals surface area contributed by atoms with Crippen LogP contribution in [0.3, 0.4) is 0 Å². The second-order valence-corrected chi connectivity index (χ2v) is 9.51. The number of aromatic nitrogens is 3. The third kappa shape index (κ3) is 2.88. The van der Waals surface area contributed by atoms with Crippen LogP contribution in [-0.2, 0) is 0 Å². The molecule has 37 heavy (non-hydrogen) atoms. The molecule has 0 radical (unpaired) electrons. The van der Waals surface area contributed by atoms with E-state index < -0.39 is 0 Å². The number of hydrogen-bond acceptors (Lipinski definition) is 0. The first-order valence-electron chi connectivity index (χ1n) is 12.6. The van der Waals surface area contributed by atoms with Gasteiger partial charge < -0.3 is 4.57 Å². The summed E-state index contributed by atoms with van der Waals surface area (Å²) >= 11 is 0. The van der Waals surface area contributed by atoms with E-state index in [9.17, 15) is 0 Å². The fourth-order valence-corrected chi connectivity index (χ4v) is 5.93. The Balaban J connectivity index is 1.49. The number of benzene rings is 4. The molecule has 1 aliphatic heterocycles. The molecular weight excluding hydrogens is 450 g/mol. The van der Waals surface area contributed by atoms with Gasteiger partial charge in [-0.05, 0) is 53.6 Å². The summed E-state index contributed by atoms with van der Waals surface area (Å²) in [6, 6.07) is 45.8. The van der Waals surface area contributed by atoms with Gasteiger partial charge in [0.1, 0.15) is 0 Å². The number of rotatable bonds is 1. The van der Waals surface area contributed by atoms with Crippen molar-refractivity contribution in [3.05, 3.63) is 140 Å². The van der Waals surface area contributed by atoms with Crippen molar-refractivity contribution >= 4 is 21.8 Å². The van der Waals surface area contributed by atoms with E-state index in [1.165, 1.54) is 44.1 Å². The molecule has 0 amide bonds. The Bertz CT molecular complexity index is 1940. The Morgan fingerprint density at radius 1 is 0.405 bits per heavy atom. The smallest absolute Gasteiger partial charge is 0.285 e. The Morgan fingerprint density at radius 2 is 0.919 bits per heavy atom. The van der Waals surface area contributed by atoms with E-state index in [-0.39, 0.29) is 0 Å². The Hall–Kier alpha value is -5.02. The zero-order chi connectivity index (χ0) is 24.3. The molecule has 0 bridgehead atoms. The molecule has 1 aliphatic rings. The summed E-state index contributed by atoms with van der Waals surface area (Å²) in [5, 5.41) is 2.55. The first kappa shape index (κ1) is 20.2. The Labute approximate surface area is 214 Å². The highest BCUT2D eigenvalue weighted by Crippen LogP contribution is 2.40. The third-order valence-corrected chi connectivity index (χ3v) is 7.52. The summed E-state index contributed by atoms with van der Waals surface area (Å²) in [4.78, 5) is 0. The fraction of sp³-hybridized carbons (Fsp3) is 0. The first-order valence-corrected chi connectivity index (χ1v) is 12.6. The number of fused-ring (bicyclic) bond motifs is 11. The molecule has 0 atom stereocenters. The number of para-hydroxylation sites is 2. The average Bonchev–Trinajstić information content (AvgIpc) is 3.31. The summed E-state index contributed by atoms with van der Waals surface area (Å²) in [6.07, 6.45) is 4.28. The SMILES string of the molecule is c1ccc2c(c1)-c1ccc(-n3c4ccccc4c4ccccc43)cc1-c1cccc[n+]1-[n+]1ccccc1-2. The van der Waals surface area contributed by atoms with E-state index in [1.807, 2.05) is 0 Å². The van der Waals surface area contributed by atoms with Gasteiger partial charge in [0.25, 0.3) is 11.4 Å². The van der Waals surface area contributed by atoms with Crippen molar-refractivity contribution in [3.63, 3.8) is 0 Å². The van der Waals surface area contributed by atoms with Crippen LogP contribution in [0, 0.1) is 0 Å². The molecule has 0 fully saturated rings. The van der Waals surface area contributed by atoms with E-state index in [0.717, 1.165) is 17.1 Å². The predicted octanol–water partition coefficient (Wildman–Crippen LogP) is 6.98. The molecule has 4 heterocycles. The van der Waals surface area contributed by atoms with Gasteiger partial charge in [0, 0.05) is 40.7 Å². The van der Waals surface area contributed by atoms with E-state index in [1.54, 1.807) is 0 Å². The van der Waals surface area contributed by atoms with E-state index in [2.05, 4.69) is 154 Å². The van der Waals surface area contributed by atoms with Crippen LogP contribution in [0.25, 0.3) is 61.1 Å². The van der Waals surface area contributed by atoms with E-state index in [0.29, 0.717) is 0 Å². The molecule has 7 aromatic rings. The van der Waals surface area contributed by atoms with Crippen LogP contribution < -0.4 is 9.35 Å². The van der Waals surface area contributed by atoms with E-state index >= 15 is 0 Å².